The number of nitrogens with one attached hydrogen (secondary N) is 1. The van der Waals surface area contributed by atoms with Gasteiger partial charge in [-0.3, -0.25) is 0 Å². The van der Waals surface area contributed by atoms with E-state index in [0.717, 1.165) is 6.42 Å². The highest BCUT2D eigenvalue weighted by Gasteiger charge is 2.23. The Morgan fingerprint density at radius 1 is 1.50 bits per heavy atom. The monoisotopic (exact) mass is 277 g/mol. The van der Waals surface area contributed by atoms with Gasteiger partial charge in [0.2, 0.25) is 0 Å². The van der Waals surface area contributed by atoms with Crippen molar-refractivity contribution in [2.24, 2.45) is 5.92 Å². The third-order valence-corrected chi connectivity index (χ3v) is 3.92. The molecule has 2 rings (SSSR count). The molecule has 1 heterocycles. The first-order chi connectivity index (χ1) is 9.63. The quantitative estimate of drug-likeness (QED) is 0.827. The predicted molar refractivity (Wildman–Crippen MR) is 79.6 cm³/mol. The summed E-state index contributed by atoms with van der Waals surface area (Å²) in [5.74, 6) is 0.789. The van der Waals surface area contributed by atoms with Gasteiger partial charge in [0, 0.05) is 12.2 Å². The van der Waals surface area contributed by atoms with Crippen LogP contribution in [0.1, 0.15) is 49.9 Å². The summed E-state index contributed by atoms with van der Waals surface area (Å²) in [7, 11) is 0. The van der Waals surface area contributed by atoms with Gasteiger partial charge in [0.25, 0.3) is 0 Å². The van der Waals surface area contributed by atoms with E-state index in [9.17, 15) is 4.79 Å². The molecule has 2 unspecified atom stereocenters. The molecule has 1 aliphatic rings. The molecule has 5 heteroatoms. The highest BCUT2D eigenvalue weighted by molar-refractivity contribution is 5.97. The minimum Gasteiger partial charge on any atom is -0.462 e. The maximum atomic E-state index is 11.8. The van der Waals surface area contributed by atoms with Crippen molar-refractivity contribution in [2.75, 3.05) is 17.7 Å². The van der Waals surface area contributed by atoms with E-state index in [2.05, 4.69) is 17.2 Å². The lowest BCUT2D eigenvalue weighted by atomic mass is 9.86. The molecule has 0 aromatic carbocycles. The zero-order chi connectivity index (χ0) is 14.5. The van der Waals surface area contributed by atoms with Gasteiger partial charge in [-0.1, -0.05) is 19.8 Å². The Morgan fingerprint density at radius 3 is 2.95 bits per heavy atom. The summed E-state index contributed by atoms with van der Waals surface area (Å²) >= 11 is 0. The summed E-state index contributed by atoms with van der Waals surface area (Å²) in [6, 6.07) is 1.97. The molecule has 1 fully saturated rings. The lowest BCUT2D eigenvalue weighted by Crippen LogP contribution is -2.31. The Balaban J connectivity index is 2.15. The predicted octanol–water partition coefficient (Wildman–Crippen LogP) is 2.83. The fourth-order valence-corrected chi connectivity index (χ4v) is 2.68. The van der Waals surface area contributed by atoms with E-state index in [1.54, 1.807) is 19.2 Å². The number of aromatic nitrogens is 1. The number of rotatable bonds is 4. The largest absolute Gasteiger partial charge is 0.462 e. The fraction of sp³-hybridized carbons (Fsp3) is 0.600. The number of ether oxygens (including phenoxy) is 1. The van der Waals surface area contributed by atoms with Crippen LogP contribution in [0.3, 0.4) is 0 Å². The number of hydrogen-bond acceptors (Lipinski definition) is 5. The average molecular weight is 277 g/mol. The molecule has 0 bridgehead atoms. The molecule has 1 saturated carbocycles. The molecule has 1 aromatic heterocycles. The molecule has 0 spiro atoms. The number of esters is 1. The Hall–Kier alpha value is -1.78. The molecule has 20 heavy (non-hydrogen) atoms. The molecule has 0 radical (unpaired) electrons. The lowest BCUT2D eigenvalue weighted by Gasteiger charge is -2.30. The van der Waals surface area contributed by atoms with Crippen LogP contribution in [0.2, 0.25) is 0 Å². The van der Waals surface area contributed by atoms with Gasteiger partial charge in [-0.25, -0.2) is 9.78 Å². The number of carbonyl (C=O) groups is 1. The molecular formula is C15H23N3O2. The number of carbonyl (C=O) groups excluding carboxylic acids is 1. The molecule has 2 atom stereocenters. The van der Waals surface area contributed by atoms with Crippen LogP contribution in [0, 0.1) is 5.92 Å². The van der Waals surface area contributed by atoms with Gasteiger partial charge in [-0.05, 0) is 31.7 Å². The molecule has 0 aliphatic heterocycles. The van der Waals surface area contributed by atoms with Gasteiger partial charge in [0.05, 0.1) is 17.9 Å². The normalized spacial score (nSPS) is 22.3. The van der Waals surface area contributed by atoms with Crippen molar-refractivity contribution < 1.29 is 9.53 Å². The van der Waals surface area contributed by atoms with Gasteiger partial charge in [0.15, 0.2) is 0 Å². The standard InChI is InChI=1S/C15H23N3O2/c1-3-20-15(19)11-8-9-17-14(13(11)16)18-12-7-5-4-6-10(12)2/h8-10,12H,3-7,16H2,1-2H3,(H,17,18). The molecular weight excluding hydrogens is 254 g/mol. The minimum atomic E-state index is -0.396. The van der Waals surface area contributed by atoms with Crippen molar-refractivity contribution in [3.8, 4) is 0 Å². The summed E-state index contributed by atoms with van der Waals surface area (Å²) < 4.78 is 5.00. The first-order valence-corrected chi connectivity index (χ1v) is 7.31. The topological polar surface area (TPSA) is 77.2 Å². The van der Waals surface area contributed by atoms with Crippen LogP contribution < -0.4 is 11.1 Å². The highest BCUT2D eigenvalue weighted by Crippen LogP contribution is 2.29. The Morgan fingerprint density at radius 2 is 2.25 bits per heavy atom. The van der Waals surface area contributed by atoms with Crippen molar-refractivity contribution in [1.82, 2.24) is 4.98 Å². The summed E-state index contributed by atoms with van der Waals surface area (Å²) in [5, 5.41) is 3.39. The zero-order valence-electron chi connectivity index (χ0n) is 12.2. The van der Waals surface area contributed by atoms with E-state index in [0.29, 0.717) is 35.6 Å². The average Bonchev–Trinajstić information content (AvgIpc) is 2.43. The van der Waals surface area contributed by atoms with Crippen LogP contribution in [0.5, 0.6) is 0 Å². The third kappa shape index (κ3) is 3.21. The number of hydrogen-bond donors (Lipinski definition) is 2. The van der Waals surface area contributed by atoms with E-state index in [1.165, 1.54) is 19.3 Å². The van der Waals surface area contributed by atoms with Gasteiger partial charge >= 0.3 is 5.97 Å². The van der Waals surface area contributed by atoms with Crippen LogP contribution in [0.4, 0.5) is 11.5 Å². The summed E-state index contributed by atoms with van der Waals surface area (Å²) in [5.41, 5.74) is 6.81. The maximum absolute atomic E-state index is 11.8. The zero-order valence-corrected chi connectivity index (χ0v) is 12.2. The molecule has 1 aliphatic carbocycles. The molecule has 110 valence electrons. The minimum absolute atomic E-state index is 0.336. The number of nitrogen functional groups attached to an aromatic ring is 1. The smallest absolute Gasteiger partial charge is 0.340 e. The van der Waals surface area contributed by atoms with Crippen molar-refractivity contribution >= 4 is 17.5 Å². The van der Waals surface area contributed by atoms with Crippen molar-refractivity contribution in [1.29, 1.82) is 0 Å². The second-order valence-electron chi connectivity index (χ2n) is 5.35. The third-order valence-electron chi connectivity index (χ3n) is 3.92. The van der Waals surface area contributed by atoms with Gasteiger partial charge < -0.3 is 15.8 Å². The van der Waals surface area contributed by atoms with Crippen LogP contribution in [0.25, 0.3) is 0 Å². The SMILES string of the molecule is CCOC(=O)c1ccnc(NC2CCCCC2C)c1N. The van der Waals surface area contributed by atoms with E-state index in [1.807, 2.05) is 0 Å². The first-order valence-electron chi connectivity index (χ1n) is 7.31. The summed E-state index contributed by atoms with van der Waals surface area (Å²) in [6.45, 7) is 4.35. The molecule has 5 nitrogen and oxygen atoms in total. The van der Waals surface area contributed by atoms with Crippen LogP contribution in [-0.2, 0) is 4.74 Å². The van der Waals surface area contributed by atoms with Gasteiger partial charge in [-0.2, -0.15) is 0 Å². The highest BCUT2D eigenvalue weighted by atomic mass is 16.5. The molecule has 0 saturated heterocycles. The van der Waals surface area contributed by atoms with Gasteiger partial charge in [-0.15, -0.1) is 0 Å². The van der Waals surface area contributed by atoms with E-state index < -0.39 is 5.97 Å². The van der Waals surface area contributed by atoms with E-state index >= 15 is 0 Å². The van der Waals surface area contributed by atoms with Crippen LogP contribution in [-0.4, -0.2) is 23.6 Å². The van der Waals surface area contributed by atoms with Crippen molar-refractivity contribution in [2.45, 2.75) is 45.6 Å². The van der Waals surface area contributed by atoms with Crippen molar-refractivity contribution in [3.05, 3.63) is 17.8 Å². The molecule has 0 amide bonds. The Labute approximate surface area is 119 Å². The van der Waals surface area contributed by atoms with Crippen molar-refractivity contribution in [3.63, 3.8) is 0 Å². The number of nitrogens with two attached hydrogens (primary N) is 1. The lowest BCUT2D eigenvalue weighted by molar-refractivity contribution is 0.0527. The van der Waals surface area contributed by atoms with Crippen LogP contribution in [0.15, 0.2) is 12.3 Å². The van der Waals surface area contributed by atoms with Gasteiger partial charge in [0.1, 0.15) is 5.82 Å². The molecule has 3 N–H and O–H groups in total. The van der Waals surface area contributed by atoms with E-state index in [-0.39, 0.29) is 0 Å². The maximum Gasteiger partial charge on any atom is 0.340 e. The summed E-state index contributed by atoms with van der Waals surface area (Å²) in [6.07, 6.45) is 6.43. The first kappa shape index (κ1) is 14.6. The van der Waals surface area contributed by atoms with Crippen LogP contribution >= 0.6 is 0 Å². The second kappa shape index (κ2) is 6.59. The van der Waals surface area contributed by atoms with E-state index in [4.69, 9.17) is 10.5 Å². The number of pyridine rings is 1. The second-order valence-corrected chi connectivity index (χ2v) is 5.35. The summed E-state index contributed by atoms with van der Waals surface area (Å²) in [4.78, 5) is 16.1. The number of nitrogens with zero attached hydrogens (tertiary/aromatic N) is 1. The Kier molecular flexibility index (Phi) is 4.82. The Bertz CT molecular complexity index is 476. The fourth-order valence-electron chi connectivity index (χ4n) is 2.68. The molecule has 1 aromatic rings. The number of anilines is 2.